The molecule has 12 aromatic rings. The normalized spacial score (nSPS) is 16.6. The molecule has 1 aliphatic carbocycles. The van der Waals surface area contributed by atoms with Gasteiger partial charge in [0, 0.05) is 22.1 Å². The smallest absolute Gasteiger partial charge is 0.159 e. The van der Waals surface area contributed by atoms with E-state index in [4.69, 9.17) is 15.4 Å². The molecule has 0 fully saturated rings. The van der Waals surface area contributed by atoms with Crippen LogP contribution in [-0.2, 0) is 5.41 Å². The highest BCUT2D eigenvalue weighted by atomic mass is 16.3. The van der Waals surface area contributed by atoms with E-state index in [1.54, 1.807) is 23.1 Å². The lowest BCUT2D eigenvalue weighted by Gasteiger charge is -2.35. The monoisotopic (exact) mass is 872 g/mol. The van der Waals surface area contributed by atoms with E-state index in [1.165, 1.54) is 0 Å². The Hall–Kier alpha value is -8.72. The number of anilines is 3. The first kappa shape index (κ1) is 24.0. The van der Waals surface area contributed by atoms with E-state index in [9.17, 15) is 15.1 Å². The van der Waals surface area contributed by atoms with Gasteiger partial charge >= 0.3 is 0 Å². The maximum atomic E-state index is 10.2. The third kappa shape index (κ3) is 6.18. The summed E-state index contributed by atoms with van der Waals surface area (Å²) in [5, 5.41) is 0.213. The highest BCUT2D eigenvalue weighted by Crippen LogP contribution is 2.57. The molecule has 1 aliphatic rings. The van der Waals surface area contributed by atoms with Crippen LogP contribution in [0.2, 0.25) is 0 Å². The van der Waals surface area contributed by atoms with Gasteiger partial charge < -0.3 is 9.32 Å². The maximum absolute atomic E-state index is 10.2. The predicted octanol–water partition coefficient (Wildman–Crippen LogP) is 17.6. The molecular weight excluding hydrogens is 811 g/mol. The zero-order valence-electron chi connectivity index (χ0n) is 54.2. The summed E-state index contributed by atoms with van der Waals surface area (Å²) in [5.41, 5.74) is 1.56. The maximum Gasteiger partial charge on any atom is 0.159 e. The van der Waals surface area contributed by atoms with Crippen molar-refractivity contribution < 1.29 is 30.5 Å². The first-order valence-corrected chi connectivity index (χ1v) is 21.5. The van der Waals surface area contributed by atoms with Gasteiger partial charge in [0.1, 0.15) is 5.58 Å². The van der Waals surface area contributed by atoms with Crippen molar-refractivity contribution in [2.45, 2.75) is 5.41 Å². The van der Waals surface area contributed by atoms with Crippen LogP contribution in [0.15, 0.2) is 265 Å². The molecule has 0 atom stereocenters. The summed E-state index contributed by atoms with van der Waals surface area (Å²) in [6.07, 6.45) is 0. The molecule has 0 saturated carbocycles. The zero-order chi connectivity index (χ0) is 60.8. The number of benzene rings is 11. The SMILES string of the molecule is [2H]c1c([2H])c([2H])c(-c2c([2H])c([2H])c(-c3c(-c4c([2H])c([2H])c(N(c5ccc6c(c5)C(c5ccccc5)(c5ccccc5)c5ccccc5-6)c5cccc6c5oc5ccccc56)c([2H])c4[2H])c([2H])c([2H])c4c([2H])c([2H])c([2H])c([2H])c34)c([2H])c2[2H])c([2H])c1[2H]. The van der Waals surface area contributed by atoms with Crippen molar-refractivity contribution in [3.8, 4) is 44.5 Å². The third-order valence-corrected chi connectivity index (χ3v) is 12.5. The Balaban J connectivity index is 1.14. The Labute approximate surface area is 417 Å². The van der Waals surface area contributed by atoms with E-state index in [1.807, 2.05) is 91.0 Å². The molecule has 0 amide bonds. The summed E-state index contributed by atoms with van der Waals surface area (Å²) in [5.74, 6) is 0. The second-order valence-corrected chi connectivity index (χ2v) is 16.1. The van der Waals surface area contributed by atoms with Crippen molar-refractivity contribution in [3.63, 3.8) is 0 Å². The number of rotatable bonds is 8. The van der Waals surface area contributed by atoms with E-state index in [0.29, 0.717) is 27.9 Å². The minimum absolute atomic E-state index is 0.299. The first-order chi connectivity index (χ1) is 41.2. The molecule has 0 radical (unpaired) electrons. The summed E-state index contributed by atoms with van der Waals surface area (Å²) < 4.78 is 183. The molecule has 1 aromatic heterocycles. The van der Waals surface area contributed by atoms with Gasteiger partial charge in [-0.1, -0.05) is 224 Å². The first-order valence-electron chi connectivity index (χ1n) is 31.0. The van der Waals surface area contributed by atoms with Gasteiger partial charge in [0.05, 0.1) is 37.1 Å². The molecule has 0 N–H and O–H groups in total. The van der Waals surface area contributed by atoms with Crippen LogP contribution in [0.3, 0.4) is 0 Å². The lowest BCUT2D eigenvalue weighted by atomic mass is 9.67. The summed E-state index contributed by atoms with van der Waals surface area (Å²) in [6, 6.07) is 30.4. The van der Waals surface area contributed by atoms with Crippen molar-refractivity contribution in [1.82, 2.24) is 0 Å². The quantitative estimate of drug-likeness (QED) is 0.151. The van der Waals surface area contributed by atoms with Crippen LogP contribution in [0.5, 0.6) is 0 Å². The molecule has 2 heteroatoms. The van der Waals surface area contributed by atoms with Gasteiger partial charge in [0.2, 0.25) is 0 Å². The topological polar surface area (TPSA) is 16.4 Å². The van der Waals surface area contributed by atoms with Crippen LogP contribution in [0.25, 0.3) is 77.2 Å². The number of nitrogens with zero attached hydrogens (tertiary/aromatic N) is 1. The highest BCUT2D eigenvalue weighted by molar-refractivity contribution is 6.10. The summed E-state index contributed by atoms with van der Waals surface area (Å²) in [4.78, 5) is 1.58. The fraction of sp³-hybridized carbons (Fsp3) is 0.0154. The minimum Gasteiger partial charge on any atom is -0.454 e. The van der Waals surface area contributed by atoms with Crippen LogP contribution < -0.4 is 4.90 Å². The molecule has 0 saturated heterocycles. The van der Waals surface area contributed by atoms with Crippen molar-refractivity contribution in [2.24, 2.45) is 0 Å². The lowest BCUT2D eigenvalue weighted by Crippen LogP contribution is -2.28. The van der Waals surface area contributed by atoms with Crippen molar-refractivity contribution in [1.29, 1.82) is 0 Å². The molecular formula is C65H43NO. The Kier molecular flexibility index (Phi) is 5.64. The molecule has 0 aliphatic heterocycles. The van der Waals surface area contributed by atoms with E-state index in [-0.39, 0.29) is 5.69 Å². The molecule has 0 spiro atoms. The van der Waals surface area contributed by atoms with Crippen LogP contribution in [0, 0.1) is 0 Å². The Bertz CT molecular complexity index is 4820. The molecule has 13 rings (SSSR count). The van der Waals surface area contributed by atoms with E-state index < -0.39 is 164 Å². The number of hydrogen-bond acceptors (Lipinski definition) is 2. The molecule has 1 heterocycles. The Morgan fingerprint density at radius 1 is 0.388 bits per heavy atom. The zero-order valence-corrected chi connectivity index (χ0v) is 35.2. The fourth-order valence-corrected chi connectivity index (χ4v) is 9.69. The average Bonchev–Trinajstić information content (AvgIpc) is 1.51. The summed E-state index contributed by atoms with van der Waals surface area (Å²) in [7, 11) is 0. The van der Waals surface area contributed by atoms with Gasteiger partial charge in [-0.05, 0) is 114 Å². The largest absolute Gasteiger partial charge is 0.454 e. The number of fused-ring (bicyclic) bond motifs is 7. The van der Waals surface area contributed by atoms with Gasteiger partial charge in [-0.2, -0.15) is 0 Å². The number of hydrogen-bond donors (Lipinski definition) is 0. The lowest BCUT2D eigenvalue weighted by molar-refractivity contribution is 0.669. The van der Waals surface area contributed by atoms with Crippen molar-refractivity contribution in [3.05, 3.63) is 283 Å². The molecule has 2 nitrogen and oxygen atoms in total. The van der Waals surface area contributed by atoms with E-state index >= 15 is 0 Å². The third-order valence-electron chi connectivity index (χ3n) is 12.5. The van der Waals surface area contributed by atoms with Crippen LogP contribution in [0.4, 0.5) is 17.1 Å². The van der Waals surface area contributed by atoms with Crippen LogP contribution in [0.1, 0.15) is 48.3 Å². The van der Waals surface area contributed by atoms with Gasteiger partial charge in [-0.15, -0.1) is 0 Å². The number of para-hydroxylation sites is 2. The average molecular weight is 873 g/mol. The fourth-order valence-electron chi connectivity index (χ4n) is 9.69. The predicted molar refractivity (Wildman–Crippen MR) is 280 cm³/mol. The Morgan fingerprint density at radius 3 is 1.81 bits per heavy atom. The second kappa shape index (κ2) is 15.8. The molecule has 0 bridgehead atoms. The van der Waals surface area contributed by atoms with E-state index in [2.05, 4.69) is 36.4 Å². The van der Waals surface area contributed by atoms with Gasteiger partial charge in [-0.3, -0.25) is 0 Å². The molecule has 314 valence electrons. The van der Waals surface area contributed by atoms with Gasteiger partial charge in [-0.25, -0.2) is 0 Å². The van der Waals surface area contributed by atoms with Crippen molar-refractivity contribution in [2.75, 3.05) is 4.90 Å². The number of furan rings is 1. The molecule has 67 heavy (non-hydrogen) atoms. The Morgan fingerprint density at radius 2 is 1.01 bits per heavy atom. The minimum atomic E-state index is -0.988. The summed E-state index contributed by atoms with van der Waals surface area (Å²) in [6.45, 7) is 0. The molecule has 0 unspecified atom stereocenters. The highest BCUT2D eigenvalue weighted by Gasteiger charge is 2.46. The molecule has 11 aromatic carbocycles. The van der Waals surface area contributed by atoms with Crippen molar-refractivity contribution >= 4 is 49.8 Å². The van der Waals surface area contributed by atoms with Gasteiger partial charge in [0.15, 0.2) is 5.58 Å². The van der Waals surface area contributed by atoms with Crippen LogP contribution in [-0.4, -0.2) is 0 Å². The van der Waals surface area contributed by atoms with E-state index in [0.717, 1.165) is 38.8 Å². The second-order valence-electron chi connectivity index (χ2n) is 16.1. The summed E-state index contributed by atoms with van der Waals surface area (Å²) >= 11 is 0. The van der Waals surface area contributed by atoms with Crippen LogP contribution >= 0.6 is 0 Å². The standard InChI is InChI=1S/C65H43NO/c1-4-17-44(18-5-1)45-31-33-48(34-32-45)63-53-24-11-10-19-46(53)37-41-54(63)47-35-38-51(39-36-47)66(61-29-16-27-58-57-26-13-15-30-62(57)67-64(58)61)52-40-42-56-55-25-12-14-28-59(55)65(60(56)43-52,49-20-6-2-7-21-49)50-22-8-3-9-23-50/h1-43H/i1D,4D,5D,10D,11D,17D,18D,19D,24D,31D,32D,33D,34D,35D,36D,37D,38D,39D,41D. The van der Waals surface area contributed by atoms with Gasteiger partial charge in [0.25, 0.3) is 0 Å².